The van der Waals surface area contributed by atoms with Gasteiger partial charge in [0, 0.05) is 18.1 Å². The Morgan fingerprint density at radius 1 is 1.18 bits per heavy atom. The fraction of sp³-hybridized carbons (Fsp3) is 0.375. The zero-order valence-corrected chi connectivity index (χ0v) is 13.7. The zero-order valence-electron chi connectivity index (χ0n) is 12.1. The second-order valence-electron chi connectivity index (χ2n) is 5.10. The van der Waals surface area contributed by atoms with E-state index >= 15 is 0 Å². The van der Waals surface area contributed by atoms with Crippen LogP contribution in [-0.4, -0.2) is 40.7 Å². The van der Waals surface area contributed by atoms with Crippen LogP contribution in [0, 0.1) is 0 Å². The number of carboxylic acid groups (broad SMARTS) is 1. The molecule has 0 spiro atoms. The third-order valence-corrected chi connectivity index (χ3v) is 4.69. The van der Waals surface area contributed by atoms with Crippen molar-refractivity contribution in [1.82, 2.24) is 4.90 Å². The summed E-state index contributed by atoms with van der Waals surface area (Å²) >= 11 is 6.87. The Balaban J connectivity index is 1.98. The van der Waals surface area contributed by atoms with Crippen LogP contribution in [0.5, 0.6) is 0 Å². The van der Waals surface area contributed by atoms with E-state index in [-0.39, 0.29) is 16.6 Å². The van der Waals surface area contributed by atoms with E-state index in [4.69, 9.17) is 11.6 Å². The Morgan fingerprint density at radius 2 is 1.82 bits per heavy atom. The Kier molecular flexibility index (Phi) is 6.34. The highest BCUT2D eigenvalue weighted by Gasteiger charge is 2.18. The van der Waals surface area contributed by atoms with Crippen molar-refractivity contribution < 1.29 is 14.7 Å². The van der Waals surface area contributed by atoms with Crippen molar-refractivity contribution in [2.24, 2.45) is 0 Å². The number of halogens is 1. The van der Waals surface area contributed by atoms with Gasteiger partial charge < -0.3 is 10.0 Å². The fourth-order valence-corrected chi connectivity index (χ4v) is 3.18. The van der Waals surface area contributed by atoms with Crippen LogP contribution >= 0.6 is 23.4 Å². The van der Waals surface area contributed by atoms with E-state index in [1.165, 1.54) is 0 Å². The van der Waals surface area contributed by atoms with Gasteiger partial charge in [-0.2, -0.15) is 0 Å². The second kappa shape index (κ2) is 8.25. The van der Waals surface area contributed by atoms with Gasteiger partial charge in [0.25, 0.3) is 0 Å². The Hall–Kier alpha value is -1.46. The van der Waals surface area contributed by atoms with E-state index in [9.17, 15) is 14.7 Å². The Morgan fingerprint density at radius 3 is 2.41 bits per heavy atom. The third kappa shape index (κ3) is 5.07. The number of likely N-dealkylation sites (tertiary alicyclic amines) is 1. The molecule has 0 saturated carbocycles. The van der Waals surface area contributed by atoms with Crippen molar-refractivity contribution in [2.75, 3.05) is 18.8 Å². The molecule has 4 nitrogen and oxygen atoms in total. The summed E-state index contributed by atoms with van der Waals surface area (Å²) in [6.07, 6.45) is 4.78. The lowest BCUT2D eigenvalue weighted by atomic mass is 10.1. The van der Waals surface area contributed by atoms with Gasteiger partial charge in [-0.15, -0.1) is 11.8 Å². The molecule has 1 amide bonds. The molecule has 0 radical (unpaired) electrons. The SMILES string of the molecule is O=C(O)/C(=C\c1ccc(Cl)cc1)SCC(=O)N1CCCCC1. The van der Waals surface area contributed by atoms with Gasteiger partial charge in [0.2, 0.25) is 5.91 Å². The lowest BCUT2D eigenvalue weighted by Gasteiger charge is -2.26. The molecule has 0 unspecified atom stereocenters. The van der Waals surface area contributed by atoms with E-state index in [0.29, 0.717) is 5.02 Å². The number of carboxylic acids is 1. The molecule has 118 valence electrons. The highest BCUT2D eigenvalue weighted by Crippen LogP contribution is 2.22. The molecule has 1 heterocycles. The Labute approximate surface area is 139 Å². The minimum atomic E-state index is -1.02. The number of carbonyl (C=O) groups excluding carboxylic acids is 1. The molecule has 1 aromatic carbocycles. The normalized spacial score (nSPS) is 15.7. The van der Waals surface area contributed by atoms with E-state index in [1.807, 2.05) is 4.90 Å². The molecule has 1 aliphatic heterocycles. The number of thioether (sulfide) groups is 1. The number of carbonyl (C=O) groups is 2. The number of benzene rings is 1. The summed E-state index contributed by atoms with van der Waals surface area (Å²) < 4.78 is 0. The van der Waals surface area contributed by atoms with Crippen LogP contribution in [0.4, 0.5) is 0 Å². The maximum absolute atomic E-state index is 12.1. The first-order valence-electron chi connectivity index (χ1n) is 7.17. The molecule has 0 bridgehead atoms. The zero-order chi connectivity index (χ0) is 15.9. The van der Waals surface area contributed by atoms with Crippen LogP contribution in [0.15, 0.2) is 29.2 Å². The molecule has 22 heavy (non-hydrogen) atoms. The predicted octanol–water partition coefficient (Wildman–Crippen LogP) is 3.51. The highest BCUT2D eigenvalue weighted by atomic mass is 35.5. The van der Waals surface area contributed by atoms with Crippen LogP contribution in [0.3, 0.4) is 0 Å². The average molecular weight is 340 g/mol. The summed E-state index contributed by atoms with van der Waals surface area (Å²) in [5.41, 5.74) is 0.750. The van der Waals surface area contributed by atoms with E-state index in [2.05, 4.69) is 0 Å². The predicted molar refractivity (Wildman–Crippen MR) is 90.0 cm³/mol. The molecular weight excluding hydrogens is 322 g/mol. The molecule has 2 rings (SSSR count). The monoisotopic (exact) mass is 339 g/mol. The van der Waals surface area contributed by atoms with Gasteiger partial charge in [0.05, 0.1) is 10.7 Å². The molecule has 0 aromatic heterocycles. The van der Waals surface area contributed by atoms with E-state index < -0.39 is 5.97 Å². The highest BCUT2D eigenvalue weighted by molar-refractivity contribution is 8.04. The molecule has 0 atom stereocenters. The summed E-state index contributed by atoms with van der Waals surface area (Å²) in [6.45, 7) is 1.56. The Bertz CT molecular complexity index is 565. The topological polar surface area (TPSA) is 57.6 Å². The summed E-state index contributed by atoms with van der Waals surface area (Å²) in [6, 6.07) is 6.91. The molecule has 1 aromatic rings. The average Bonchev–Trinajstić information content (AvgIpc) is 2.53. The minimum Gasteiger partial charge on any atom is -0.477 e. The van der Waals surface area contributed by atoms with Crippen molar-refractivity contribution >= 4 is 41.3 Å². The van der Waals surface area contributed by atoms with E-state index in [1.54, 1.807) is 30.3 Å². The number of hydrogen-bond donors (Lipinski definition) is 1. The van der Waals surface area contributed by atoms with Crippen LogP contribution in [0.1, 0.15) is 24.8 Å². The second-order valence-corrected chi connectivity index (χ2v) is 6.55. The van der Waals surface area contributed by atoms with Crippen LogP contribution in [0.2, 0.25) is 5.02 Å². The number of hydrogen-bond acceptors (Lipinski definition) is 3. The van der Waals surface area contributed by atoms with Gasteiger partial charge in [-0.3, -0.25) is 4.79 Å². The summed E-state index contributed by atoms with van der Waals surface area (Å²) in [5.74, 6) is -0.856. The van der Waals surface area contributed by atoms with Crippen molar-refractivity contribution in [3.8, 4) is 0 Å². The summed E-state index contributed by atoms with van der Waals surface area (Å²) in [4.78, 5) is 25.4. The van der Waals surface area contributed by atoms with Crippen molar-refractivity contribution in [1.29, 1.82) is 0 Å². The number of aliphatic carboxylic acids is 1. The maximum Gasteiger partial charge on any atom is 0.342 e. The molecular formula is C16H18ClNO3S. The van der Waals surface area contributed by atoms with Gasteiger partial charge in [0.15, 0.2) is 0 Å². The van der Waals surface area contributed by atoms with Gasteiger partial charge in [-0.05, 0) is 43.0 Å². The van der Waals surface area contributed by atoms with E-state index in [0.717, 1.165) is 49.7 Å². The lowest BCUT2D eigenvalue weighted by Crippen LogP contribution is -2.36. The smallest absolute Gasteiger partial charge is 0.342 e. The summed E-state index contributed by atoms with van der Waals surface area (Å²) in [7, 11) is 0. The quantitative estimate of drug-likeness (QED) is 0.834. The van der Waals surface area contributed by atoms with Gasteiger partial charge in [0.1, 0.15) is 0 Å². The molecule has 1 saturated heterocycles. The van der Waals surface area contributed by atoms with Gasteiger partial charge in [-0.1, -0.05) is 23.7 Å². The fourth-order valence-electron chi connectivity index (χ4n) is 2.25. The molecule has 1 N–H and O–H groups in total. The standard InChI is InChI=1S/C16H18ClNO3S/c17-13-6-4-12(5-7-13)10-14(16(20)21)22-11-15(19)18-8-2-1-3-9-18/h4-7,10H,1-3,8-9,11H2,(H,20,21)/b14-10+. The first kappa shape index (κ1) is 16.9. The van der Waals surface area contributed by atoms with Gasteiger partial charge in [-0.25, -0.2) is 4.79 Å². The maximum atomic E-state index is 12.1. The van der Waals surface area contributed by atoms with Crippen molar-refractivity contribution in [3.63, 3.8) is 0 Å². The molecule has 1 aliphatic rings. The first-order chi connectivity index (χ1) is 10.6. The molecule has 1 fully saturated rings. The molecule has 6 heteroatoms. The van der Waals surface area contributed by atoms with Crippen molar-refractivity contribution in [2.45, 2.75) is 19.3 Å². The third-order valence-electron chi connectivity index (χ3n) is 3.44. The van der Waals surface area contributed by atoms with Gasteiger partial charge >= 0.3 is 5.97 Å². The number of amides is 1. The largest absolute Gasteiger partial charge is 0.477 e. The van der Waals surface area contributed by atoms with Crippen LogP contribution in [-0.2, 0) is 9.59 Å². The minimum absolute atomic E-state index is 0.00737. The number of rotatable bonds is 5. The first-order valence-corrected chi connectivity index (χ1v) is 8.54. The van der Waals surface area contributed by atoms with Crippen LogP contribution < -0.4 is 0 Å². The van der Waals surface area contributed by atoms with Crippen LogP contribution in [0.25, 0.3) is 6.08 Å². The summed E-state index contributed by atoms with van der Waals surface area (Å²) in [5, 5.41) is 9.87. The molecule has 0 aliphatic carbocycles. The lowest BCUT2D eigenvalue weighted by molar-refractivity contribution is -0.131. The number of piperidine rings is 1. The number of nitrogens with zero attached hydrogens (tertiary/aromatic N) is 1. The van der Waals surface area contributed by atoms with Crippen molar-refractivity contribution in [3.05, 3.63) is 39.8 Å².